The Morgan fingerprint density at radius 3 is 2.22 bits per heavy atom. The highest BCUT2D eigenvalue weighted by Crippen LogP contribution is 2.51. The number of hydrogen-bond acceptors (Lipinski definition) is 3. The van der Waals surface area contributed by atoms with Gasteiger partial charge in [-0.2, -0.15) is 0 Å². The summed E-state index contributed by atoms with van der Waals surface area (Å²) in [5.41, 5.74) is -0.0349. The lowest BCUT2D eigenvalue weighted by Gasteiger charge is -2.59. The summed E-state index contributed by atoms with van der Waals surface area (Å²) >= 11 is 0. The molecule has 1 aliphatic heterocycles. The van der Waals surface area contributed by atoms with Crippen molar-refractivity contribution < 1.29 is 9.53 Å². The molecule has 2 unspecified atom stereocenters. The number of methoxy groups -OCH3 is 1. The molecule has 2 fully saturated rings. The molecule has 2 aliphatic rings. The van der Waals surface area contributed by atoms with Gasteiger partial charge in [0.15, 0.2) is 5.96 Å². The normalized spacial score (nSPS) is 30.9. The van der Waals surface area contributed by atoms with E-state index in [2.05, 4.69) is 42.9 Å². The lowest BCUT2D eigenvalue weighted by atomic mass is 9.56. The number of nitrogens with one attached hydrogen (secondary N) is 1. The Balaban J connectivity index is 1.99. The number of rotatable bonds is 3. The quantitative estimate of drug-likeness (QED) is 0.628. The monoisotopic (exact) mass is 324 g/mol. The van der Waals surface area contributed by atoms with Gasteiger partial charge in [-0.3, -0.25) is 9.79 Å². The minimum absolute atomic E-state index is 0.0530. The second kappa shape index (κ2) is 6.67. The molecular weight excluding hydrogens is 292 g/mol. The van der Waals surface area contributed by atoms with Crippen LogP contribution in [0.2, 0.25) is 0 Å². The zero-order chi connectivity index (χ0) is 17.3. The van der Waals surface area contributed by atoms with Crippen molar-refractivity contribution in [2.24, 2.45) is 10.4 Å². The van der Waals surface area contributed by atoms with Crippen LogP contribution in [-0.2, 0) is 9.53 Å². The van der Waals surface area contributed by atoms with Gasteiger partial charge in [0.2, 0.25) is 5.91 Å². The van der Waals surface area contributed by atoms with Crippen molar-refractivity contribution in [3.05, 3.63) is 0 Å². The van der Waals surface area contributed by atoms with E-state index in [0.29, 0.717) is 6.04 Å². The van der Waals surface area contributed by atoms with E-state index in [1.165, 1.54) is 0 Å². The maximum atomic E-state index is 11.5. The van der Waals surface area contributed by atoms with Crippen LogP contribution in [0.3, 0.4) is 0 Å². The largest absolute Gasteiger partial charge is 0.378 e. The molecule has 0 aromatic carbocycles. The number of piperazine rings is 1. The van der Waals surface area contributed by atoms with Gasteiger partial charge in [-0.1, -0.05) is 13.8 Å². The molecule has 6 heteroatoms. The van der Waals surface area contributed by atoms with Gasteiger partial charge in [-0.25, -0.2) is 0 Å². The van der Waals surface area contributed by atoms with Crippen molar-refractivity contribution in [3.8, 4) is 0 Å². The first-order chi connectivity index (χ1) is 10.7. The molecule has 1 saturated heterocycles. The topological polar surface area (TPSA) is 57.2 Å². The average molecular weight is 324 g/mol. The highest BCUT2D eigenvalue weighted by molar-refractivity contribution is 5.81. The Bertz CT molecular complexity index is 469. The Labute approximate surface area is 140 Å². The molecule has 1 N–H and O–H groups in total. The molecule has 0 aromatic heterocycles. The molecule has 0 aromatic rings. The Hall–Kier alpha value is -1.30. The fourth-order valence-electron chi connectivity index (χ4n) is 3.50. The highest BCUT2D eigenvalue weighted by Gasteiger charge is 2.58. The maximum absolute atomic E-state index is 11.5. The lowest BCUT2D eigenvalue weighted by Crippen LogP contribution is -2.70. The van der Waals surface area contributed by atoms with Gasteiger partial charge in [0.05, 0.1) is 5.60 Å². The minimum atomic E-state index is -0.0880. The molecular formula is C17H32N4O2. The van der Waals surface area contributed by atoms with Gasteiger partial charge < -0.3 is 19.9 Å². The number of carbonyl (C=O) groups is 1. The van der Waals surface area contributed by atoms with Crippen LogP contribution in [0.15, 0.2) is 4.99 Å². The van der Waals surface area contributed by atoms with Crippen molar-refractivity contribution >= 4 is 11.9 Å². The second-order valence-electron chi connectivity index (χ2n) is 7.35. The fourth-order valence-corrected chi connectivity index (χ4v) is 3.50. The number of nitrogens with zero attached hydrogens (tertiary/aromatic N) is 3. The molecule has 0 radical (unpaired) electrons. The zero-order valence-electron chi connectivity index (χ0n) is 15.5. The van der Waals surface area contributed by atoms with E-state index in [1.807, 2.05) is 4.90 Å². The van der Waals surface area contributed by atoms with Crippen LogP contribution < -0.4 is 5.32 Å². The summed E-state index contributed by atoms with van der Waals surface area (Å²) in [5.74, 6) is 1.12. The first-order valence-electron chi connectivity index (χ1n) is 8.61. The van der Waals surface area contributed by atoms with E-state index in [9.17, 15) is 4.79 Å². The van der Waals surface area contributed by atoms with Crippen LogP contribution in [0.4, 0.5) is 0 Å². The number of ether oxygens (including phenoxy) is 1. The predicted octanol–water partition coefficient (Wildman–Crippen LogP) is 1.32. The van der Waals surface area contributed by atoms with Crippen molar-refractivity contribution in [1.82, 2.24) is 15.1 Å². The van der Waals surface area contributed by atoms with Gasteiger partial charge in [-0.15, -0.1) is 0 Å². The summed E-state index contributed by atoms with van der Waals surface area (Å²) < 4.78 is 5.71. The number of hydrogen-bond donors (Lipinski definition) is 1. The minimum Gasteiger partial charge on any atom is -0.378 e. The molecule has 2 rings (SSSR count). The molecule has 6 nitrogen and oxygen atoms in total. The molecule has 2 atom stereocenters. The van der Waals surface area contributed by atoms with E-state index in [1.54, 1.807) is 14.0 Å². The Morgan fingerprint density at radius 2 is 1.78 bits per heavy atom. The number of carbonyl (C=O) groups excluding carboxylic acids is 1. The van der Waals surface area contributed by atoms with E-state index in [4.69, 9.17) is 4.74 Å². The molecule has 0 spiro atoms. The summed E-state index contributed by atoms with van der Waals surface area (Å²) in [6.45, 7) is 14.3. The van der Waals surface area contributed by atoms with Gasteiger partial charge in [0, 0.05) is 58.2 Å². The summed E-state index contributed by atoms with van der Waals surface area (Å²) in [4.78, 5) is 20.3. The molecule has 0 bridgehead atoms. The Morgan fingerprint density at radius 1 is 1.22 bits per heavy atom. The third-order valence-electron chi connectivity index (χ3n) is 5.91. The van der Waals surface area contributed by atoms with Crippen LogP contribution in [-0.4, -0.2) is 73.1 Å². The van der Waals surface area contributed by atoms with E-state index in [-0.39, 0.29) is 16.9 Å². The molecule has 1 amide bonds. The van der Waals surface area contributed by atoms with E-state index in [0.717, 1.165) is 45.1 Å². The predicted molar refractivity (Wildman–Crippen MR) is 92.5 cm³/mol. The summed E-state index contributed by atoms with van der Waals surface area (Å²) in [7, 11) is 1.79. The van der Waals surface area contributed by atoms with Gasteiger partial charge in [0.1, 0.15) is 0 Å². The van der Waals surface area contributed by atoms with E-state index >= 15 is 0 Å². The first kappa shape index (κ1) is 18.0. The van der Waals surface area contributed by atoms with Crippen molar-refractivity contribution in [3.63, 3.8) is 0 Å². The van der Waals surface area contributed by atoms with Gasteiger partial charge >= 0.3 is 0 Å². The molecule has 23 heavy (non-hydrogen) atoms. The lowest BCUT2D eigenvalue weighted by molar-refractivity contribution is -0.177. The molecule has 1 heterocycles. The number of aliphatic imine (C=N–C) groups is 1. The summed E-state index contributed by atoms with van der Waals surface area (Å²) in [6, 6.07) is 0.351. The van der Waals surface area contributed by atoms with Crippen LogP contribution >= 0.6 is 0 Å². The average Bonchev–Trinajstić information content (AvgIpc) is 2.53. The van der Waals surface area contributed by atoms with Crippen molar-refractivity contribution in [2.75, 3.05) is 39.8 Å². The second-order valence-corrected chi connectivity index (χ2v) is 7.35. The van der Waals surface area contributed by atoms with Crippen molar-refractivity contribution in [1.29, 1.82) is 0 Å². The molecule has 1 aliphatic carbocycles. The summed E-state index contributed by atoms with van der Waals surface area (Å²) in [6.07, 6.45) is 0.979. The van der Waals surface area contributed by atoms with Crippen LogP contribution in [0.25, 0.3) is 0 Å². The maximum Gasteiger partial charge on any atom is 0.219 e. The molecule has 132 valence electrons. The standard InChI is InChI=1S/C17H32N4O2/c1-7-18-15(21-10-8-20(9-11-21)13(2)22)19-14-12-17(5,23-6)16(14,3)4/h14H,7-12H2,1-6H3,(H,18,19). The van der Waals surface area contributed by atoms with Gasteiger partial charge in [0.25, 0.3) is 0 Å². The van der Waals surface area contributed by atoms with Gasteiger partial charge in [-0.05, 0) is 20.3 Å². The fraction of sp³-hybridized carbons (Fsp3) is 0.882. The van der Waals surface area contributed by atoms with Crippen LogP contribution in [0, 0.1) is 5.41 Å². The van der Waals surface area contributed by atoms with Crippen LogP contribution in [0.5, 0.6) is 0 Å². The van der Waals surface area contributed by atoms with Crippen molar-refractivity contribution in [2.45, 2.75) is 52.7 Å². The summed E-state index contributed by atoms with van der Waals surface area (Å²) in [5, 5.41) is 3.64. The first-order valence-corrected chi connectivity index (χ1v) is 8.61. The smallest absolute Gasteiger partial charge is 0.219 e. The highest BCUT2D eigenvalue weighted by atomic mass is 16.5. The molecule has 1 saturated carbocycles. The van der Waals surface area contributed by atoms with E-state index < -0.39 is 0 Å². The number of amides is 1. The number of guanidine groups is 1. The SMILES string of the molecule is CCN=C(NC1CC(C)(OC)C1(C)C)N1CCN(C(C)=O)CC1. The van der Waals surface area contributed by atoms with Crippen LogP contribution in [0.1, 0.15) is 41.0 Å². The zero-order valence-corrected chi connectivity index (χ0v) is 15.5. The third-order valence-corrected chi connectivity index (χ3v) is 5.91. The third kappa shape index (κ3) is 3.32. The Kier molecular flexibility index (Phi) is 5.23.